The van der Waals surface area contributed by atoms with E-state index in [1.54, 1.807) is 24.3 Å². The Bertz CT molecular complexity index is 875. The summed E-state index contributed by atoms with van der Waals surface area (Å²) in [5.74, 6) is 0.327. The Morgan fingerprint density at radius 2 is 1.54 bits per heavy atom. The first kappa shape index (κ1) is 17.0. The van der Waals surface area contributed by atoms with Crippen molar-refractivity contribution in [3.63, 3.8) is 0 Å². The molecule has 1 aliphatic carbocycles. The Hall–Kier alpha value is -2.39. The topological polar surface area (TPSA) is 43.4 Å². The summed E-state index contributed by atoms with van der Waals surface area (Å²) in [4.78, 5) is 24.7. The van der Waals surface area contributed by atoms with E-state index >= 15 is 0 Å². The lowest BCUT2D eigenvalue weighted by atomic mass is 9.78. The van der Waals surface area contributed by atoms with Gasteiger partial charge in [-0.05, 0) is 67.4 Å². The number of carbonyl (C=O) groups excluding carboxylic acids is 2. The molecule has 1 saturated carbocycles. The molecule has 1 heterocycles. The van der Waals surface area contributed by atoms with Crippen LogP contribution in [0.5, 0.6) is 0 Å². The molecule has 0 unspecified atom stereocenters. The zero-order valence-electron chi connectivity index (χ0n) is 14.3. The van der Waals surface area contributed by atoms with Gasteiger partial charge in [-0.15, -0.1) is 0 Å². The number of Topliss-reactive ketones (excluding diaryl/α,β-unsaturated/α-hetero) is 1. The number of carbonyl (C=O) groups is 2. The summed E-state index contributed by atoms with van der Waals surface area (Å²) in [6, 6.07) is 14.9. The van der Waals surface area contributed by atoms with Crippen LogP contribution in [0.1, 0.15) is 57.9 Å². The molecule has 0 amide bonds. The van der Waals surface area contributed by atoms with Gasteiger partial charge >= 0.3 is 5.97 Å². The van der Waals surface area contributed by atoms with Crippen LogP contribution in [0.15, 0.2) is 60.4 Å². The van der Waals surface area contributed by atoms with Gasteiger partial charge in [0.05, 0.1) is 5.56 Å². The molecule has 0 atom stereocenters. The quantitative estimate of drug-likeness (QED) is 0.517. The Labute approximate surface area is 157 Å². The van der Waals surface area contributed by atoms with E-state index in [1.807, 2.05) is 18.2 Å². The summed E-state index contributed by atoms with van der Waals surface area (Å²) in [6.07, 6.45) is 5.91. The van der Waals surface area contributed by atoms with Crippen LogP contribution in [-0.2, 0) is 4.74 Å². The average Bonchev–Trinajstić information content (AvgIpc) is 2.67. The third kappa shape index (κ3) is 3.32. The van der Waals surface area contributed by atoms with Crippen LogP contribution >= 0.6 is 11.6 Å². The molecule has 2 aliphatic rings. The van der Waals surface area contributed by atoms with Gasteiger partial charge in [-0.1, -0.05) is 41.9 Å². The van der Waals surface area contributed by atoms with E-state index < -0.39 is 5.97 Å². The van der Waals surface area contributed by atoms with Gasteiger partial charge in [-0.3, -0.25) is 4.79 Å². The van der Waals surface area contributed by atoms with E-state index in [-0.39, 0.29) is 17.5 Å². The summed E-state index contributed by atoms with van der Waals surface area (Å²) in [7, 11) is 0. The normalized spacial score (nSPS) is 24.3. The van der Waals surface area contributed by atoms with E-state index in [0.29, 0.717) is 17.0 Å². The lowest BCUT2D eigenvalue weighted by Gasteiger charge is -2.28. The molecular formula is C22H19ClO3. The SMILES string of the molecule is O=C1OC(=C[C@H]2CC[C@H](c3ccc(Cl)cc3)CC2)C(=O)c2ccccc21. The molecular weight excluding hydrogens is 348 g/mol. The van der Waals surface area contributed by atoms with Crippen molar-refractivity contribution in [2.45, 2.75) is 31.6 Å². The van der Waals surface area contributed by atoms with Crippen molar-refractivity contribution >= 4 is 23.4 Å². The number of hydrogen-bond donors (Lipinski definition) is 0. The van der Waals surface area contributed by atoms with Gasteiger partial charge in [0.15, 0.2) is 5.76 Å². The maximum absolute atomic E-state index is 12.6. The highest BCUT2D eigenvalue weighted by atomic mass is 35.5. The number of rotatable bonds is 2. The minimum Gasteiger partial charge on any atom is -0.419 e. The van der Waals surface area contributed by atoms with E-state index in [4.69, 9.17) is 16.3 Å². The molecule has 26 heavy (non-hydrogen) atoms. The molecule has 2 aromatic carbocycles. The van der Waals surface area contributed by atoms with Crippen LogP contribution in [-0.4, -0.2) is 11.8 Å². The third-order valence-corrected chi connectivity index (χ3v) is 5.57. The highest BCUT2D eigenvalue weighted by Gasteiger charge is 2.31. The number of esters is 1. The maximum atomic E-state index is 12.6. The molecule has 0 spiro atoms. The first-order chi connectivity index (χ1) is 12.6. The lowest BCUT2D eigenvalue weighted by Crippen LogP contribution is -2.23. The standard InChI is InChI=1S/C22H19ClO3/c23-17-11-9-16(10-12-17)15-7-5-14(6-8-15)13-20-21(24)18-3-1-2-4-19(18)22(25)26-20/h1-4,9-15H,5-8H2/t14-,15-. The molecule has 4 heteroatoms. The van der Waals surface area contributed by atoms with E-state index in [2.05, 4.69) is 12.1 Å². The third-order valence-electron chi connectivity index (χ3n) is 5.32. The Kier molecular flexibility index (Phi) is 4.64. The van der Waals surface area contributed by atoms with Crippen LogP contribution in [0, 0.1) is 5.92 Å². The van der Waals surface area contributed by atoms with Gasteiger partial charge in [0.25, 0.3) is 0 Å². The van der Waals surface area contributed by atoms with Crippen LogP contribution < -0.4 is 0 Å². The van der Waals surface area contributed by atoms with E-state index in [0.717, 1.165) is 30.7 Å². The fraction of sp³-hybridized carbons (Fsp3) is 0.273. The van der Waals surface area contributed by atoms with Crippen LogP contribution in [0.25, 0.3) is 0 Å². The largest absolute Gasteiger partial charge is 0.419 e. The van der Waals surface area contributed by atoms with Crippen molar-refractivity contribution in [2.75, 3.05) is 0 Å². The number of cyclic esters (lactones) is 1. The first-order valence-electron chi connectivity index (χ1n) is 8.95. The van der Waals surface area contributed by atoms with Crippen molar-refractivity contribution in [3.8, 4) is 0 Å². The second-order valence-corrected chi connectivity index (χ2v) is 7.39. The van der Waals surface area contributed by atoms with Crippen LogP contribution in [0.4, 0.5) is 0 Å². The van der Waals surface area contributed by atoms with Gasteiger partial charge in [0, 0.05) is 10.6 Å². The molecule has 132 valence electrons. The fourth-order valence-electron chi connectivity index (χ4n) is 3.87. The Balaban J connectivity index is 1.46. The van der Waals surface area contributed by atoms with Crippen molar-refractivity contribution in [1.82, 2.24) is 0 Å². The maximum Gasteiger partial charge on any atom is 0.344 e. The fourth-order valence-corrected chi connectivity index (χ4v) is 4.00. The zero-order valence-corrected chi connectivity index (χ0v) is 15.0. The predicted molar refractivity (Wildman–Crippen MR) is 100 cm³/mol. The number of benzene rings is 2. The smallest absolute Gasteiger partial charge is 0.344 e. The number of halogens is 1. The minimum absolute atomic E-state index is 0.184. The van der Waals surface area contributed by atoms with E-state index in [1.165, 1.54) is 5.56 Å². The predicted octanol–water partition coefficient (Wildman–Crippen LogP) is 5.55. The number of hydrogen-bond acceptors (Lipinski definition) is 3. The van der Waals surface area contributed by atoms with Crippen LogP contribution in [0.3, 0.4) is 0 Å². The molecule has 0 saturated heterocycles. The Morgan fingerprint density at radius 1 is 0.885 bits per heavy atom. The second kappa shape index (κ2) is 7.08. The first-order valence-corrected chi connectivity index (χ1v) is 9.33. The lowest BCUT2D eigenvalue weighted by molar-refractivity contribution is 0.0559. The monoisotopic (exact) mass is 366 g/mol. The van der Waals surface area contributed by atoms with Gasteiger partial charge in [-0.2, -0.15) is 0 Å². The molecule has 3 nitrogen and oxygen atoms in total. The summed E-state index contributed by atoms with van der Waals surface area (Å²) in [6.45, 7) is 0. The van der Waals surface area contributed by atoms with Crippen molar-refractivity contribution in [3.05, 3.63) is 82.1 Å². The molecule has 2 aromatic rings. The molecule has 0 N–H and O–H groups in total. The highest BCUT2D eigenvalue weighted by molar-refractivity contribution is 6.30. The summed E-state index contributed by atoms with van der Waals surface area (Å²) in [5, 5.41) is 0.755. The second-order valence-electron chi connectivity index (χ2n) is 6.96. The number of allylic oxidation sites excluding steroid dienone is 2. The zero-order chi connectivity index (χ0) is 18.1. The summed E-state index contributed by atoms with van der Waals surface area (Å²) < 4.78 is 5.31. The average molecular weight is 367 g/mol. The number of ether oxygens (including phenoxy) is 1. The molecule has 4 rings (SSSR count). The van der Waals surface area contributed by atoms with Crippen molar-refractivity contribution in [1.29, 1.82) is 0 Å². The van der Waals surface area contributed by atoms with Gasteiger partial charge < -0.3 is 4.74 Å². The Morgan fingerprint density at radius 3 is 2.23 bits per heavy atom. The van der Waals surface area contributed by atoms with Gasteiger partial charge in [0.2, 0.25) is 5.78 Å². The van der Waals surface area contributed by atoms with Crippen molar-refractivity contribution in [2.24, 2.45) is 5.92 Å². The van der Waals surface area contributed by atoms with Gasteiger partial charge in [0.1, 0.15) is 0 Å². The molecule has 0 radical (unpaired) electrons. The highest BCUT2D eigenvalue weighted by Crippen LogP contribution is 2.37. The summed E-state index contributed by atoms with van der Waals surface area (Å²) in [5.41, 5.74) is 2.10. The summed E-state index contributed by atoms with van der Waals surface area (Å²) >= 11 is 5.96. The molecule has 0 aromatic heterocycles. The van der Waals surface area contributed by atoms with Crippen LogP contribution in [0.2, 0.25) is 5.02 Å². The van der Waals surface area contributed by atoms with E-state index in [9.17, 15) is 9.59 Å². The molecule has 0 bridgehead atoms. The number of fused-ring (bicyclic) bond motifs is 1. The number of ketones is 1. The van der Waals surface area contributed by atoms with Gasteiger partial charge in [-0.25, -0.2) is 4.79 Å². The van der Waals surface area contributed by atoms with Crippen molar-refractivity contribution < 1.29 is 14.3 Å². The molecule has 1 aliphatic heterocycles. The molecule has 1 fully saturated rings. The minimum atomic E-state index is -0.443.